The first-order valence-corrected chi connectivity index (χ1v) is 8.38. The first kappa shape index (κ1) is 17.0. The quantitative estimate of drug-likeness (QED) is 0.869. The monoisotopic (exact) mass is 349 g/mol. The minimum atomic E-state index is -0.147. The number of amides is 1. The zero-order valence-corrected chi connectivity index (χ0v) is 14.0. The van der Waals surface area contributed by atoms with Crippen LogP contribution in [0.2, 0.25) is 5.02 Å². The van der Waals surface area contributed by atoms with Gasteiger partial charge in [-0.15, -0.1) is 0 Å². The second-order valence-corrected chi connectivity index (χ2v) is 6.21. The molecule has 128 valence electrons. The molecule has 6 nitrogen and oxygen atoms in total. The Morgan fingerprint density at radius 1 is 1.46 bits per heavy atom. The molecule has 1 saturated heterocycles. The summed E-state index contributed by atoms with van der Waals surface area (Å²) in [6.07, 6.45) is 1.71. The fraction of sp³-hybridized carbons (Fsp3) is 0.412. The predicted octanol–water partition coefficient (Wildman–Crippen LogP) is 2.56. The molecular weight excluding hydrogens is 330 g/mol. The number of anilines is 1. The average molecular weight is 350 g/mol. The van der Waals surface area contributed by atoms with E-state index in [1.807, 2.05) is 18.2 Å². The summed E-state index contributed by atoms with van der Waals surface area (Å²) in [4.78, 5) is 12.4. The van der Waals surface area contributed by atoms with E-state index < -0.39 is 0 Å². The van der Waals surface area contributed by atoms with Crippen molar-refractivity contribution in [3.05, 3.63) is 35.4 Å². The van der Waals surface area contributed by atoms with Crippen molar-refractivity contribution < 1.29 is 14.6 Å². The van der Waals surface area contributed by atoms with Crippen molar-refractivity contribution in [1.29, 1.82) is 0 Å². The fourth-order valence-electron chi connectivity index (χ4n) is 2.75. The van der Waals surface area contributed by atoms with Crippen LogP contribution in [-0.4, -0.2) is 40.6 Å². The highest BCUT2D eigenvalue weighted by molar-refractivity contribution is 6.30. The Kier molecular flexibility index (Phi) is 5.50. The van der Waals surface area contributed by atoms with Gasteiger partial charge in [-0.3, -0.25) is 4.79 Å². The predicted molar refractivity (Wildman–Crippen MR) is 91.9 cm³/mol. The Labute approximate surface area is 145 Å². The molecule has 7 heteroatoms. The molecule has 2 aromatic rings. The third-order valence-corrected chi connectivity index (χ3v) is 4.23. The van der Waals surface area contributed by atoms with E-state index in [9.17, 15) is 9.90 Å². The average Bonchev–Trinajstić information content (AvgIpc) is 2.99. The number of hydrogen-bond acceptors (Lipinski definition) is 4. The molecule has 2 N–H and O–H groups in total. The summed E-state index contributed by atoms with van der Waals surface area (Å²) in [5.74, 6) is 0.340. The van der Waals surface area contributed by atoms with Gasteiger partial charge in [0.15, 0.2) is 0 Å². The van der Waals surface area contributed by atoms with E-state index in [-0.39, 0.29) is 18.4 Å². The zero-order valence-electron chi connectivity index (χ0n) is 13.2. The van der Waals surface area contributed by atoms with Gasteiger partial charge < -0.3 is 15.2 Å². The van der Waals surface area contributed by atoms with Crippen LogP contribution in [-0.2, 0) is 16.1 Å². The molecule has 0 bridgehead atoms. The van der Waals surface area contributed by atoms with E-state index in [1.54, 1.807) is 16.8 Å². The highest BCUT2D eigenvalue weighted by Gasteiger charge is 2.23. The van der Waals surface area contributed by atoms with Crippen LogP contribution in [0, 0.1) is 5.92 Å². The van der Waals surface area contributed by atoms with Crippen LogP contribution in [0.1, 0.15) is 12.8 Å². The summed E-state index contributed by atoms with van der Waals surface area (Å²) in [5.41, 5.74) is 1.55. The summed E-state index contributed by atoms with van der Waals surface area (Å²) in [6.45, 7) is 1.40. The standard InChI is InChI=1S/C17H20ClN3O3/c18-14-5-1-3-12(9-14)15-10-16(21(20-15)6-7-22)19-17(23)13-4-2-8-24-11-13/h1,3,5,9-10,13,22H,2,4,6-8,11H2,(H,19,23). The van der Waals surface area contributed by atoms with Crippen molar-refractivity contribution in [2.45, 2.75) is 19.4 Å². The first-order valence-electron chi connectivity index (χ1n) is 8.00. The van der Waals surface area contributed by atoms with Gasteiger partial charge in [0, 0.05) is 23.3 Å². The maximum atomic E-state index is 12.4. The number of hydrogen-bond donors (Lipinski definition) is 2. The van der Waals surface area contributed by atoms with Gasteiger partial charge in [0.25, 0.3) is 0 Å². The van der Waals surface area contributed by atoms with Crippen molar-refractivity contribution in [3.8, 4) is 11.3 Å². The number of carbonyl (C=O) groups is 1. The highest BCUT2D eigenvalue weighted by atomic mass is 35.5. The number of ether oxygens (including phenoxy) is 1. The third-order valence-electron chi connectivity index (χ3n) is 3.99. The van der Waals surface area contributed by atoms with Crippen LogP contribution in [0.4, 0.5) is 5.82 Å². The summed E-state index contributed by atoms with van der Waals surface area (Å²) in [6, 6.07) is 9.15. The van der Waals surface area contributed by atoms with Crippen molar-refractivity contribution in [2.24, 2.45) is 5.92 Å². The number of carbonyl (C=O) groups excluding carboxylic acids is 1. The highest BCUT2D eigenvalue weighted by Crippen LogP contribution is 2.25. The lowest BCUT2D eigenvalue weighted by Crippen LogP contribution is -2.31. The van der Waals surface area contributed by atoms with E-state index in [2.05, 4.69) is 10.4 Å². The van der Waals surface area contributed by atoms with Gasteiger partial charge in [0.05, 0.1) is 31.4 Å². The van der Waals surface area contributed by atoms with Crippen LogP contribution in [0.3, 0.4) is 0 Å². The van der Waals surface area contributed by atoms with Crippen molar-refractivity contribution in [1.82, 2.24) is 9.78 Å². The van der Waals surface area contributed by atoms with Gasteiger partial charge in [-0.2, -0.15) is 5.10 Å². The maximum Gasteiger partial charge on any atom is 0.230 e. The van der Waals surface area contributed by atoms with Gasteiger partial charge in [-0.1, -0.05) is 23.7 Å². The molecule has 0 aliphatic carbocycles. The summed E-state index contributed by atoms with van der Waals surface area (Å²) in [7, 11) is 0. The molecule has 1 unspecified atom stereocenters. The van der Waals surface area contributed by atoms with Gasteiger partial charge in [0.1, 0.15) is 5.82 Å². The Balaban J connectivity index is 1.82. The lowest BCUT2D eigenvalue weighted by Gasteiger charge is -2.21. The van der Waals surface area contributed by atoms with Crippen LogP contribution < -0.4 is 5.32 Å². The van der Waals surface area contributed by atoms with Gasteiger partial charge in [0.2, 0.25) is 5.91 Å². The molecule has 0 spiro atoms. The number of aliphatic hydroxyl groups is 1. The van der Waals surface area contributed by atoms with E-state index in [1.165, 1.54) is 0 Å². The minimum Gasteiger partial charge on any atom is -0.394 e. The largest absolute Gasteiger partial charge is 0.394 e. The van der Waals surface area contributed by atoms with Gasteiger partial charge >= 0.3 is 0 Å². The fourth-order valence-corrected chi connectivity index (χ4v) is 2.94. The lowest BCUT2D eigenvalue weighted by atomic mass is 10.0. The van der Waals surface area contributed by atoms with E-state index >= 15 is 0 Å². The molecule has 2 heterocycles. The molecule has 1 aliphatic heterocycles. The van der Waals surface area contributed by atoms with Crippen molar-refractivity contribution in [3.63, 3.8) is 0 Å². The van der Waals surface area contributed by atoms with Gasteiger partial charge in [-0.05, 0) is 25.0 Å². The van der Waals surface area contributed by atoms with Crippen molar-refractivity contribution in [2.75, 3.05) is 25.1 Å². The molecule has 1 aromatic carbocycles. The molecule has 1 aromatic heterocycles. The van der Waals surface area contributed by atoms with Crippen LogP contribution in [0.25, 0.3) is 11.3 Å². The van der Waals surface area contributed by atoms with E-state index in [4.69, 9.17) is 16.3 Å². The summed E-state index contributed by atoms with van der Waals surface area (Å²) < 4.78 is 6.96. The third kappa shape index (κ3) is 3.95. The summed E-state index contributed by atoms with van der Waals surface area (Å²) in [5, 5.41) is 17.2. The Bertz CT molecular complexity index is 711. The smallest absolute Gasteiger partial charge is 0.230 e. The molecule has 0 radical (unpaired) electrons. The number of aromatic nitrogens is 2. The molecule has 1 fully saturated rings. The van der Waals surface area contributed by atoms with Crippen LogP contribution in [0.15, 0.2) is 30.3 Å². The number of nitrogens with one attached hydrogen (secondary N) is 1. The zero-order chi connectivity index (χ0) is 16.9. The Hall–Kier alpha value is -1.89. The maximum absolute atomic E-state index is 12.4. The second-order valence-electron chi connectivity index (χ2n) is 5.78. The second kappa shape index (κ2) is 7.79. The SMILES string of the molecule is O=C(Nc1cc(-c2cccc(Cl)c2)nn1CCO)C1CCCOC1. The molecule has 1 amide bonds. The number of benzene rings is 1. The van der Waals surface area contributed by atoms with Gasteiger partial charge in [-0.25, -0.2) is 4.68 Å². The Morgan fingerprint density at radius 2 is 2.33 bits per heavy atom. The number of halogens is 1. The van der Waals surface area contributed by atoms with Crippen LogP contribution >= 0.6 is 11.6 Å². The normalized spacial score (nSPS) is 17.7. The minimum absolute atomic E-state index is 0.0634. The molecule has 24 heavy (non-hydrogen) atoms. The lowest BCUT2D eigenvalue weighted by molar-refractivity contribution is -0.123. The molecule has 1 aliphatic rings. The molecule has 1 atom stereocenters. The van der Waals surface area contributed by atoms with Crippen LogP contribution in [0.5, 0.6) is 0 Å². The first-order chi connectivity index (χ1) is 11.7. The Morgan fingerprint density at radius 3 is 3.04 bits per heavy atom. The number of rotatable bonds is 5. The van der Waals surface area contributed by atoms with E-state index in [0.29, 0.717) is 36.3 Å². The summed E-state index contributed by atoms with van der Waals surface area (Å²) >= 11 is 6.03. The van der Waals surface area contributed by atoms with E-state index in [0.717, 1.165) is 18.4 Å². The number of nitrogens with zero attached hydrogens (tertiary/aromatic N) is 2. The number of aliphatic hydroxyl groups excluding tert-OH is 1. The van der Waals surface area contributed by atoms with Crippen molar-refractivity contribution >= 4 is 23.3 Å². The topological polar surface area (TPSA) is 76.4 Å². The molecule has 3 rings (SSSR count). The molecule has 0 saturated carbocycles. The molecular formula is C17H20ClN3O3.